The average Bonchev–Trinajstić information content (AvgIpc) is 3.80. The molecule has 52 heavy (non-hydrogen) atoms. The zero-order valence-corrected chi connectivity index (χ0v) is 31.0. The zero-order chi connectivity index (χ0) is 36.6. The number of aromatic nitrogens is 6. The third kappa shape index (κ3) is 7.74. The van der Waals surface area contributed by atoms with Gasteiger partial charge in [-0.15, -0.1) is 15.3 Å². The molecule has 15 nitrogen and oxygen atoms in total. The Bertz CT molecular complexity index is 1970. The maximum Gasteiger partial charge on any atom is 0.407 e. The molecule has 2 aliphatic carbocycles. The molecule has 4 N–H and O–H groups in total. The second-order valence-electron chi connectivity index (χ2n) is 15.2. The molecule has 6 atom stereocenters. The molecule has 4 aromatic heterocycles. The van der Waals surface area contributed by atoms with E-state index in [2.05, 4.69) is 47.4 Å². The minimum atomic E-state index is -0.581. The molecule has 0 unspecified atom stereocenters. The molecule has 274 valence electrons. The molecule has 5 heterocycles. The van der Waals surface area contributed by atoms with E-state index in [1.807, 2.05) is 39.0 Å². The summed E-state index contributed by atoms with van der Waals surface area (Å²) < 4.78 is 7.32. The number of amides is 2. The second-order valence-corrected chi connectivity index (χ2v) is 16.1. The fourth-order valence-electron chi connectivity index (χ4n) is 7.72. The normalized spacial score (nSPS) is 23.5. The van der Waals surface area contributed by atoms with E-state index in [0.717, 1.165) is 73.5 Å². The summed E-state index contributed by atoms with van der Waals surface area (Å²) in [6.45, 7) is 10.6. The highest BCUT2D eigenvalue weighted by Gasteiger charge is 2.43. The quantitative estimate of drug-likeness (QED) is 0.176. The van der Waals surface area contributed by atoms with Gasteiger partial charge in [-0.25, -0.2) is 14.3 Å². The highest BCUT2D eigenvalue weighted by Crippen LogP contribution is 2.41. The van der Waals surface area contributed by atoms with Gasteiger partial charge in [-0.2, -0.15) is 5.26 Å². The maximum absolute atomic E-state index is 12.6. The highest BCUT2D eigenvalue weighted by atomic mass is 32.1. The van der Waals surface area contributed by atoms with Crippen LogP contribution in [0, 0.1) is 23.2 Å². The molecule has 0 spiro atoms. The van der Waals surface area contributed by atoms with Gasteiger partial charge in [0.05, 0.1) is 40.8 Å². The number of nitrogens with zero attached hydrogens (tertiary/aromatic N) is 8. The largest absolute Gasteiger partial charge is 0.444 e. The highest BCUT2D eigenvalue weighted by molar-refractivity contribution is 7.18. The van der Waals surface area contributed by atoms with Crippen LogP contribution in [0.15, 0.2) is 30.6 Å². The number of carbonyl (C=O) groups is 2. The molecule has 3 fully saturated rings. The summed E-state index contributed by atoms with van der Waals surface area (Å²) in [5.74, 6) is 1.24. The topological polar surface area (TPSA) is 187 Å². The third-order valence-electron chi connectivity index (χ3n) is 10.0. The van der Waals surface area contributed by atoms with Crippen molar-refractivity contribution in [3.8, 4) is 28.0 Å². The van der Waals surface area contributed by atoms with Crippen molar-refractivity contribution in [3.63, 3.8) is 0 Å². The fourth-order valence-corrected chi connectivity index (χ4v) is 8.60. The first-order valence-corrected chi connectivity index (χ1v) is 18.9. The number of carbonyl (C=O) groups excluding carboxylic acids is 2. The van der Waals surface area contributed by atoms with Crippen molar-refractivity contribution in [1.82, 2.24) is 40.4 Å². The molecule has 4 aromatic rings. The van der Waals surface area contributed by atoms with E-state index in [0.29, 0.717) is 34.2 Å². The summed E-state index contributed by atoms with van der Waals surface area (Å²) in [7, 11) is 0. The van der Waals surface area contributed by atoms with Crippen LogP contribution in [0.5, 0.6) is 0 Å². The predicted octanol–water partition coefficient (Wildman–Crippen LogP) is 5.23. The summed E-state index contributed by atoms with van der Waals surface area (Å²) in [4.78, 5) is 36.1. The van der Waals surface area contributed by atoms with Gasteiger partial charge in [-0.05, 0) is 83.4 Å². The van der Waals surface area contributed by atoms with Crippen LogP contribution < -0.4 is 26.2 Å². The number of nitriles is 1. The smallest absolute Gasteiger partial charge is 0.407 e. The third-order valence-corrected chi connectivity index (χ3v) is 11.0. The zero-order valence-electron chi connectivity index (χ0n) is 30.2. The number of rotatable bonds is 9. The van der Waals surface area contributed by atoms with Gasteiger partial charge in [0.15, 0.2) is 5.01 Å². The lowest BCUT2D eigenvalue weighted by atomic mass is 9.90. The Morgan fingerprint density at radius 3 is 2.48 bits per heavy atom. The van der Waals surface area contributed by atoms with E-state index in [1.165, 1.54) is 11.3 Å². The van der Waals surface area contributed by atoms with Gasteiger partial charge in [0.1, 0.15) is 11.6 Å². The van der Waals surface area contributed by atoms with Gasteiger partial charge in [0.2, 0.25) is 17.0 Å². The van der Waals surface area contributed by atoms with Gasteiger partial charge in [-0.3, -0.25) is 9.78 Å². The van der Waals surface area contributed by atoms with Gasteiger partial charge in [-0.1, -0.05) is 24.2 Å². The van der Waals surface area contributed by atoms with Gasteiger partial charge >= 0.3 is 6.09 Å². The Morgan fingerprint density at radius 1 is 1.02 bits per heavy atom. The van der Waals surface area contributed by atoms with Crippen LogP contribution in [0.4, 0.5) is 21.6 Å². The van der Waals surface area contributed by atoms with Crippen molar-refractivity contribution in [1.29, 1.82) is 5.26 Å². The molecule has 2 bridgehead atoms. The molecule has 2 amide bonds. The van der Waals surface area contributed by atoms with Crippen LogP contribution in [-0.2, 0) is 9.53 Å². The monoisotopic (exact) mass is 726 g/mol. The number of anilines is 3. The first-order chi connectivity index (χ1) is 24.9. The van der Waals surface area contributed by atoms with E-state index < -0.39 is 17.7 Å². The second kappa shape index (κ2) is 14.5. The SMILES string of the molecule is CC(=O)N[C@@H]1[C@@H]2CC[C@H]1CN(c1nnc(-c3cnc(-c4ccc5cnc(N[C@@H]6CCCC[C@@H]6NC(=O)OC(C)(C)C)nn45)cc3N[C@H](C)C#N)s1)C2. The summed E-state index contributed by atoms with van der Waals surface area (Å²) in [6, 6.07) is 7.64. The van der Waals surface area contributed by atoms with Gasteiger partial charge in [0.25, 0.3) is 0 Å². The van der Waals surface area contributed by atoms with E-state index in [1.54, 1.807) is 30.8 Å². The Morgan fingerprint density at radius 2 is 1.77 bits per heavy atom. The molecular formula is C36H46N12O3S. The molecule has 7 rings (SSSR count). The predicted molar refractivity (Wildman–Crippen MR) is 199 cm³/mol. The lowest BCUT2D eigenvalue weighted by Gasteiger charge is -2.37. The number of nitrogens with one attached hydrogen (secondary N) is 4. The van der Waals surface area contributed by atoms with Crippen molar-refractivity contribution in [2.45, 2.75) is 103 Å². The van der Waals surface area contributed by atoms with Gasteiger partial charge < -0.3 is 30.9 Å². The summed E-state index contributed by atoms with van der Waals surface area (Å²) in [5.41, 5.74) is 3.09. The van der Waals surface area contributed by atoms with Crippen LogP contribution in [0.25, 0.3) is 27.5 Å². The van der Waals surface area contributed by atoms with Crippen molar-refractivity contribution < 1.29 is 14.3 Å². The van der Waals surface area contributed by atoms with Crippen LogP contribution >= 0.6 is 11.3 Å². The Labute approximate surface area is 307 Å². The minimum absolute atomic E-state index is 0.0242. The van der Waals surface area contributed by atoms with Crippen molar-refractivity contribution in [2.75, 3.05) is 28.6 Å². The molecule has 1 saturated heterocycles. The summed E-state index contributed by atoms with van der Waals surface area (Å²) in [6.07, 6.45) is 9.02. The van der Waals surface area contributed by atoms with Gasteiger partial charge in [0, 0.05) is 44.0 Å². The number of hydrogen-bond acceptors (Lipinski definition) is 13. The number of ether oxygens (including phenoxy) is 1. The summed E-state index contributed by atoms with van der Waals surface area (Å²) in [5, 5.41) is 38.2. The molecular weight excluding hydrogens is 681 g/mol. The Balaban J connectivity index is 1.12. The number of pyridine rings is 1. The van der Waals surface area contributed by atoms with Crippen LogP contribution in [0.3, 0.4) is 0 Å². The van der Waals surface area contributed by atoms with Crippen molar-refractivity contribution >= 4 is 45.6 Å². The lowest BCUT2D eigenvalue weighted by Crippen LogP contribution is -2.52. The first-order valence-electron chi connectivity index (χ1n) is 18.1. The van der Waals surface area contributed by atoms with E-state index >= 15 is 0 Å². The van der Waals surface area contributed by atoms with Crippen molar-refractivity contribution in [2.24, 2.45) is 11.8 Å². The number of alkyl carbamates (subject to hydrolysis) is 1. The summed E-state index contributed by atoms with van der Waals surface area (Å²) >= 11 is 1.50. The Hall–Kier alpha value is -5.04. The minimum Gasteiger partial charge on any atom is -0.444 e. The fraction of sp³-hybridized carbons (Fsp3) is 0.556. The maximum atomic E-state index is 12.6. The number of piperidine rings is 1. The van der Waals surface area contributed by atoms with Crippen molar-refractivity contribution in [3.05, 3.63) is 30.6 Å². The molecule has 16 heteroatoms. The Kier molecular flexibility index (Phi) is 9.88. The van der Waals surface area contributed by atoms with Crippen LogP contribution in [0.2, 0.25) is 0 Å². The average molecular weight is 727 g/mol. The molecule has 2 saturated carbocycles. The van der Waals surface area contributed by atoms with E-state index in [-0.39, 0.29) is 24.0 Å². The molecule has 0 radical (unpaired) electrons. The molecule has 1 aliphatic heterocycles. The number of fused-ring (bicyclic) bond motifs is 3. The molecule has 3 aliphatic rings. The number of hydrogen-bond donors (Lipinski definition) is 4. The van der Waals surface area contributed by atoms with Crippen LogP contribution in [-0.4, -0.2) is 84.6 Å². The molecule has 0 aromatic carbocycles. The lowest BCUT2D eigenvalue weighted by molar-refractivity contribution is -0.120. The van der Waals surface area contributed by atoms with E-state index in [4.69, 9.17) is 14.8 Å². The van der Waals surface area contributed by atoms with Crippen LogP contribution in [0.1, 0.15) is 73.1 Å². The standard InChI is InChI=1S/C36H46N12O3S/c1-20(15-37)40-28-14-29(38-17-25(28)32-44-45-34(52-32)47-18-22-10-11-23(19-47)31(22)41-21(2)49)30-13-12-24-16-39-33(46-48(24)30)42-26-8-6-7-9-27(26)43-35(50)51-36(3,4)5/h12-14,16-17,20,22-23,26-27,31H,6-11,18-19H2,1-5H3,(H,38,40)(H,41,49)(H,42,46)(H,43,50)/t20-,22-,23+,26-,27+,31-/m1/s1. The van der Waals surface area contributed by atoms with E-state index in [9.17, 15) is 14.9 Å². The first kappa shape index (κ1) is 35.4.